The summed E-state index contributed by atoms with van der Waals surface area (Å²) in [5, 5.41) is 10.9. The van der Waals surface area contributed by atoms with Crippen molar-refractivity contribution in [2.45, 2.75) is 25.7 Å². The molecule has 1 saturated heterocycles. The molecule has 0 saturated carbocycles. The predicted molar refractivity (Wildman–Crippen MR) is 80.1 cm³/mol. The average molecular weight is 305 g/mol. The molecule has 0 bridgehead atoms. The van der Waals surface area contributed by atoms with Crippen LogP contribution in [0.15, 0.2) is 24.4 Å². The topological polar surface area (TPSA) is 53.9 Å². The molecule has 1 aromatic carbocycles. The minimum atomic E-state index is -0.903. The van der Waals surface area contributed by atoms with Gasteiger partial charge in [0.2, 0.25) is 5.95 Å². The minimum absolute atomic E-state index is 0.418. The van der Waals surface area contributed by atoms with Gasteiger partial charge in [-0.1, -0.05) is 12.8 Å². The lowest BCUT2D eigenvalue weighted by Crippen LogP contribution is -2.26. The van der Waals surface area contributed by atoms with Crippen molar-refractivity contribution in [2.24, 2.45) is 0 Å². The van der Waals surface area contributed by atoms with Crippen molar-refractivity contribution < 1.29 is 8.78 Å². The lowest BCUT2D eigenvalue weighted by atomic mass is 10.2. The summed E-state index contributed by atoms with van der Waals surface area (Å²) in [7, 11) is 0. The van der Waals surface area contributed by atoms with Crippen molar-refractivity contribution in [3.05, 3.63) is 36.0 Å². The molecule has 22 heavy (non-hydrogen) atoms. The van der Waals surface area contributed by atoms with Crippen molar-refractivity contribution >= 4 is 17.5 Å². The van der Waals surface area contributed by atoms with Crippen LogP contribution in [-0.4, -0.2) is 28.3 Å². The van der Waals surface area contributed by atoms with Crippen molar-refractivity contribution in [1.29, 1.82) is 0 Å². The summed E-state index contributed by atoms with van der Waals surface area (Å²) in [5.74, 6) is -0.758. The Hall–Kier alpha value is -2.31. The molecule has 1 N–H and O–H groups in total. The largest absolute Gasteiger partial charge is 0.339 e. The summed E-state index contributed by atoms with van der Waals surface area (Å²) in [6.07, 6.45) is 6.13. The number of nitrogens with zero attached hydrogens (tertiary/aromatic N) is 4. The highest BCUT2D eigenvalue weighted by Gasteiger charge is 2.13. The van der Waals surface area contributed by atoms with Crippen LogP contribution in [-0.2, 0) is 0 Å². The highest BCUT2D eigenvalue weighted by molar-refractivity contribution is 5.56. The van der Waals surface area contributed by atoms with Gasteiger partial charge >= 0.3 is 0 Å². The van der Waals surface area contributed by atoms with E-state index in [2.05, 4.69) is 25.4 Å². The third-order valence-corrected chi connectivity index (χ3v) is 3.63. The molecule has 3 rings (SSSR count). The molecule has 1 fully saturated rings. The Labute approximate surface area is 127 Å². The van der Waals surface area contributed by atoms with Gasteiger partial charge in [0.05, 0.1) is 6.20 Å². The number of rotatable bonds is 3. The van der Waals surface area contributed by atoms with E-state index in [0.717, 1.165) is 38.1 Å². The minimum Gasteiger partial charge on any atom is -0.339 e. The first-order chi connectivity index (χ1) is 10.7. The van der Waals surface area contributed by atoms with Crippen LogP contribution < -0.4 is 10.2 Å². The van der Waals surface area contributed by atoms with Crippen molar-refractivity contribution in [3.63, 3.8) is 0 Å². The monoisotopic (exact) mass is 305 g/mol. The second-order valence-corrected chi connectivity index (χ2v) is 5.30. The Morgan fingerprint density at radius 3 is 2.50 bits per heavy atom. The second kappa shape index (κ2) is 6.64. The summed E-state index contributed by atoms with van der Waals surface area (Å²) in [5.41, 5.74) is 0.418. The van der Waals surface area contributed by atoms with Crippen LogP contribution in [0.5, 0.6) is 0 Å². The van der Waals surface area contributed by atoms with Gasteiger partial charge in [0, 0.05) is 24.8 Å². The third kappa shape index (κ3) is 3.47. The number of aromatic nitrogens is 3. The molecule has 7 heteroatoms. The lowest BCUT2D eigenvalue weighted by Gasteiger charge is -2.19. The molecule has 0 atom stereocenters. The van der Waals surface area contributed by atoms with E-state index in [1.165, 1.54) is 25.1 Å². The van der Waals surface area contributed by atoms with Crippen LogP contribution in [0, 0.1) is 11.6 Å². The Morgan fingerprint density at radius 1 is 1.00 bits per heavy atom. The first-order valence-corrected chi connectivity index (χ1v) is 7.39. The first kappa shape index (κ1) is 14.6. The number of halogens is 2. The Morgan fingerprint density at radius 2 is 1.77 bits per heavy atom. The van der Waals surface area contributed by atoms with E-state index in [0.29, 0.717) is 17.5 Å². The SMILES string of the molecule is Fc1ccc(Nc2cnnc(N3CCCCCC3)n2)cc1F. The molecular weight excluding hydrogens is 288 g/mol. The molecule has 2 aromatic rings. The fourth-order valence-electron chi connectivity index (χ4n) is 2.48. The van der Waals surface area contributed by atoms with Crippen molar-refractivity contribution in [3.8, 4) is 0 Å². The second-order valence-electron chi connectivity index (χ2n) is 5.30. The van der Waals surface area contributed by atoms with Crippen LogP contribution in [0.1, 0.15) is 25.7 Å². The number of nitrogens with one attached hydrogen (secondary N) is 1. The van der Waals surface area contributed by atoms with Crippen LogP contribution in [0.3, 0.4) is 0 Å². The highest BCUT2D eigenvalue weighted by Crippen LogP contribution is 2.19. The number of benzene rings is 1. The molecule has 5 nitrogen and oxygen atoms in total. The number of hydrogen-bond donors (Lipinski definition) is 1. The normalized spacial score (nSPS) is 15.5. The van der Waals surface area contributed by atoms with Crippen molar-refractivity contribution in [1.82, 2.24) is 15.2 Å². The van der Waals surface area contributed by atoms with E-state index in [-0.39, 0.29) is 0 Å². The van der Waals surface area contributed by atoms with Gasteiger partial charge < -0.3 is 10.2 Å². The van der Waals surface area contributed by atoms with Gasteiger partial charge in [-0.2, -0.15) is 10.1 Å². The average Bonchev–Trinajstić information content (AvgIpc) is 2.80. The van der Waals surface area contributed by atoms with Crippen molar-refractivity contribution in [2.75, 3.05) is 23.3 Å². The summed E-state index contributed by atoms with van der Waals surface area (Å²) in [6.45, 7) is 1.83. The van der Waals surface area contributed by atoms with E-state index in [9.17, 15) is 8.78 Å². The smallest absolute Gasteiger partial charge is 0.247 e. The molecular formula is C15H17F2N5. The molecule has 2 heterocycles. The zero-order valence-corrected chi connectivity index (χ0v) is 12.1. The van der Waals surface area contributed by atoms with Gasteiger partial charge in [0.25, 0.3) is 0 Å². The first-order valence-electron chi connectivity index (χ1n) is 7.39. The van der Waals surface area contributed by atoms with Gasteiger partial charge in [-0.25, -0.2) is 8.78 Å². The maximum Gasteiger partial charge on any atom is 0.247 e. The third-order valence-electron chi connectivity index (χ3n) is 3.63. The highest BCUT2D eigenvalue weighted by atomic mass is 19.2. The maximum absolute atomic E-state index is 13.2. The fourth-order valence-corrected chi connectivity index (χ4v) is 2.48. The standard InChI is InChI=1S/C15H17F2N5/c16-12-6-5-11(9-13(12)17)19-14-10-18-21-15(20-14)22-7-3-1-2-4-8-22/h5-6,9-10H,1-4,7-8H2,(H,19,20,21). The molecule has 0 aliphatic carbocycles. The Balaban J connectivity index is 1.76. The van der Waals surface area contributed by atoms with Gasteiger partial charge in [-0.05, 0) is 25.0 Å². The summed E-state index contributed by atoms with van der Waals surface area (Å²) < 4.78 is 26.2. The Kier molecular flexibility index (Phi) is 4.41. The Bertz CT molecular complexity index is 642. The molecule has 0 radical (unpaired) electrons. The van der Waals surface area contributed by atoms with E-state index < -0.39 is 11.6 Å². The van der Waals surface area contributed by atoms with E-state index >= 15 is 0 Å². The van der Waals surface area contributed by atoms with Crippen LogP contribution in [0.2, 0.25) is 0 Å². The van der Waals surface area contributed by atoms with Crippen LogP contribution >= 0.6 is 0 Å². The van der Waals surface area contributed by atoms with E-state index in [1.807, 2.05) is 0 Å². The van der Waals surface area contributed by atoms with E-state index in [4.69, 9.17) is 0 Å². The lowest BCUT2D eigenvalue weighted by molar-refractivity contribution is 0.509. The van der Waals surface area contributed by atoms with Gasteiger partial charge in [-0.3, -0.25) is 0 Å². The van der Waals surface area contributed by atoms with Gasteiger partial charge in [-0.15, -0.1) is 5.10 Å². The van der Waals surface area contributed by atoms with Crippen LogP contribution in [0.4, 0.5) is 26.2 Å². The zero-order chi connectivity index (χ0) is 15.4. The van der Waals surface area contributed by atoms with E-state index in [1.54, 1.807) is 0 Å². The van der Waals surface area contributed by atoms with Crippen LogP contribution in [0.25, 0.3) is 0 Å². The molecule has 0 unspecified atom stereocenters. The molecule has 116 valence electrons. The summed E-state index contributed by atoms with van der Waals surface area (Å²) in [6, 6.07) is 3.61. The molecule has 1 aliphatic rings. The molecule has 1 aliphatic heterocycles. The number of hydrogen-bond acceptors (Lipinski definition) is 5. The molecule has 0 amide bonds. The van der Waals surface area contributed by atoms with Gasteiger partial charge in [0.1, 0.15) is 0 Å². The molecule has 1 aromatic heterocycles. The zero-order valence-electron chi connectivity index (χ0n) is 12.1. The summed E-state index contributed by atoms with van der Waals surface area (Å²) >= 11 is 0. The number of anilines is 3. The van der Waals surface area contributed by atoms with Gasteiger partial charge in [0.15, 0.2) is 17.5 Å². The summed E-state index contributed by atoms with van der Waals surface area (Å²) in [4.78, 5) is 6.52. The molecule has 0 spiro atoms. The quantitative estimate of drug-likeness (QED) is 0.943. The fraction of sp³-hybridized carbons (Fsp3) is 0.400. The maximum atomic E-state index is 13.2. The predicted octanol–water partition coefficient (Wildman–Crippen LogP) is 3.27.